The lowest BCUT2D eigenvalue weighted by atomic mass is 10.1. The number of benzene rings is 2. The molecule has 0 amide bonds. The molecule has 0 radical (unpaired) electrons. The van der Waals surface area contributed by atoms with E-state index in [1.165, 1.54) is 12.1 Å². The summed E-state index contributed by atoms with van der Waals surface area (Å²) in [5.41, 5.74) is 2.88. The van der Waals surface area contributed by atoms with E-state index in [1.54, 1.807) is 6.07 Å². The Bertz CT molecular complexity index is 808. The number of hydrogen-bond acceptors (Lipinski definition) is 4. The van der Waals surface area contributed by atoms with Crippen molar-refractivity contribution in [1.82, 2.24) is 20.2 Å². The van der Waals surface area contributed by atoms with Gasteiger partial charge < -0.3 is 5.32 Å². The third kappa shape index (κ3) is 3.06. The van der Waals surface area contributed by atoms with Crippen LogP contribution in [0.2, 0.25) is 0 Å². The molecule has 1 aliphatic carbocycles. The molecule has 6 heteroatoms. The van der Waals surface area contributed by atoms with Gasteiger partial charge in [-0.05, 0) is 65.2 Å². The van der Waals surface area contributed by atoms with E-state index in [1.807, 2.05) is 35.0 Å². The van der Waals surface area contributed by atoms with E-state index in [0.717, 1.165) is 35.5 Å². The van der Waals surface area contributed by atoms with Crippen LogP contribution in [0.5, 0.6) is 0 Å². The Morgan fingerprint density at radius 3 is 2.70 bits per heavy atom. The molecule has 0 aliphatic heterocycles. The first-order valence-electron chi connectivity index (χ1n) is 7.66. The number of nitrogens with zero attached hydrogens (tertiary/aromatic N) is 4. The van der Waals surface area contributed by atoms with Gasteiger partial charge in [-0.15, -0.1) is 5.10 Å². The molecule has 0 atom stereocenters. The fourth-order valence-electron chi connectivity index (χ4n) is 2.54. The normalized spacial score (nSPS) is 14.0. The quantitative estimate of drug-likeness (QED) is 0.784. The smallest absolute Gasteiger partial charge is 0.182 e. The van der Waals surface area contributed by atoms with E-state index in [4.69, 9.17) is 0 Å². The van der Waals surface area contributed by atoms with E-state index >= 15 is 0 Å². The summed E-state index contributed by atoms with van der Waals surface area (Å²) in [6.45, 7) is 0.580. The summed E-state index contributed by atoms with van der Waals surface area (Å²) < 4.78 is 15.1. The van der Waals surface area contributed by atoms with Crippen molar-refractivity contribution in [3.8, 4) is 11.4 Å². The summed E-state index contributed by atoms with van der Waals surface area (Å²) in [5, 5.41) is 15.2. The van der Waals surface area contributed by atoms with Gasteiger partial charge in [0.15, 0.2) is 5.82 Å². The van der Waals surface area contributed by atoms with Gasteiger partial charge in [-0.3, -0.25) is 0 Å². The lowest BCUT2D eigenvalue weighted by Gasteiger charge is -2.08. The SMILES string of the molecule is Fc1cccc(CNc2ccc(-c3nnnn3C3CC3)cc2)c1. The number of tetrazole rings is 1. The van der Waals surface area contributed by atoms with Crippen LogP contribution < -0.4 is 5.32 Å². The molecule has 1 heterocycles. The van der Waals surface area contributed by atoms with Crippen molar-refractivity contribution in [2.24, 2.45) is 0 Å². The number of rotatable bonds is 5. The van der Waals surface area contributed by atoms with Crippen molar-refractivity contribution in [1.29, 1.82) is 0 Å². The number of aromatic nitrogens is 4. The molecule has 1 fully saturated rings. The standard InChI is InChI=1S/C17H16FN5/c18-14-3-1-2-12(10-14)11-19-15-6-4-13(5-7-15)17-20-21-22-23(17)16-8-9-16/h1-7,10,16,19H,8-9,11H2. The first-order chi connectivity index (χ1) is 11.3. The summed E-state index contributed by atoms with van der Waals surface area (Å²) in [7, 11) is 0. The Kier molecular flexibility index (Phi) is 3.49. The number of nitrogens with one attached hydrogen (secondary N) is 1. The van der Waals surface area contributed by atoms with Crippen LogP contribution in [0.15, 0.2) is 48.5 Å². The molecule has 4 rings (SSSR count). The topological polar surface area (TPSA) is 55.6 Å². The number of anilines is 1. The molecule has 2 aromatic carbocycles. The van der Waals surface area contributed by atoms with Gasteiger partial charge in [0.05, 0.1) is 6.04 Å². The van der Waals surface area contributed by atoms with E-state index in [2.05, 4.69) is 20.8 Å². The summed E-state index contributed by atoms with van der Waals surface area (Å²) in [5.74, 6) is 0.593. The van der Waals surface area contributed by atoms with Crippen LogP contribution in [-0.2, 0) is 6.54 Å². The minimum atomic E-state index is -0.216. The molecule has 1 aliphatic rings. The highest BCUT2D eigenvalue weighted by Crippen LogP contribution is 2.36. The monoisotopic (exact) mass is 309 g/mol. The molecular weight excluding hydrogens is 293 g/mol. The van der Waals surface area contributed by atoms with Crippen LogP contribution >= 0.6 is 0 Å². The molecule has 0 spiro atoms. The fraction of sp³-hybridized carbons (Fsp3) is 0.235. The first kappa shape index (κ1) is 13.9. The van der Waals surface area contributed by atoms with Crippen LogP contribution in [0.1, 0.15) is 24.4 Å². The Morgan fingerprint density at radius 2 is 1.96 bits per heavy atom. The van der Waals surface area contributed by atoms with Gasteiger partial charge in [0, 0.05) is 17.8 Å². The molecule has 0 unspecified atom stereocenters. The fourth-order valence-corrected chi connectivity index (χ4v) is 2.54. The summed E-state index contributed by atoms with van der Waals surface area (Å²) >= 11 is 0. The van der Waals surface area contributed by atoms with E-state index < -0.39 is 0 Å². The second-order valence-electron chi connectivity index (χ2n) is 5.74. The van der Waals surface area contributed by atoms with E-state index in [9.17, 15) is 4.39 Å². The van der Waals surface area contributed by atoms with Crippen LogP contribution in [0.3, 0.4) is 0 Å². The zero-order valence-corrected chi connectivity index (χ0v) is 12.5. The van der Waals surface area contributed by atoms with Gasteiger partial charge in [-0.2, -0.15) is 0 Å². The number of halogens is 1. The molecule has 0 bridgehead atoms. The van der Waals surface area contributed by atoms with Crippen LogP contribution in [-0.4, -0.2) is 20.2 Å². The lowest BCUT2D eigenvalue weighted by Crippen LogP contribution is -2.01. The van der Waals surface area contributed by atoms with Gasteiger partial charge >= 0.3 is 0 Å². The molecule has 1 aromatic heterocycles. The van der Waals surface area contributed by atoms with Crippen molar-refractivity contribution >= 4 is 5.69 Å². The number of hydrogen-bond donors (Lipinski definition) is 1. The minimum Gasteiger partial charge on any atom is -0.381 e. The molecule has 1 saturated carbocycles. The largest absolute Gasteiger partial charge is 0.381 e. The Hall–Kier alpha value is -2.76. The highest BCUT2D eigenvalue weighted by atomic mass is 19.1. The Morgan fingerprint density at radius 1 is 1.13 bits per heavy atom. The molecule has 23 heavy (non-hydrogen) atoms. The van der Waals surface area contributed by atoms with Gasteiger partial charge in [0.1, 0.15) is 5.82 Å². The highest BCUT2D eigenvalue weighted by molar-refractivity contribution is 5.59. The average molecular weight is 309 g/mol. The van der Waals surface area contributed by atoms with Crippen LogP contribution in [0.25, 0.3) is 11.4 Å². The second kappa shape index (κ2) is 5.79. The van der Waals surface area contributed by atoms with Crippen molar-refractivity contribution in [2.45, 2.75) is 25.4 Å². The van der Waals surface area contributed by atoms with Crippen LogP contribution in [0, 0.1) is 5.82 Å². The van der Waals surface area contributed by atoms with Crippen molar-refractivity contribution < 1.29 is 4.39 Å². The van der Waals surface area contributed by atoms with Crippen molar-refractivity contribution in [3.05, 3.63) is 59.9 Å². The van der Waals surface area contributed by atoms with Crippen LogP contribution in [0.4, 0.5) is 10.1 Å². The minimum absolute atomic E-state index is 0.216. The second-order valence-corrected chi connectivity index (χ2v) is 5.74. The predicted molar refractivity (Wildman–Crippen MR) is 85.3 cm³/mol. The molecule has 1 N–H and O–H groups in total. The average Bonchev–Trinajstić information content (AvgIpc) is 3.30. The maximum absolute atomic E-state index is 13.2. The van der Waals surface area contributed by atoms with Gasteiger partial charge in [-0.25, -0.2) is 9.07 Å². The third-order valence-electron chi connectivity index (χ3n) is 3.91. The third-order valence-corrected chi connectivity index (χ3v) is 3.91. The zero-order valence-electron chi connectivity index (χ0n) is 12.5. The molecule has 116 valence electrons. The van der Waals surface area contributed by atoms with Crippen molar-refractivity contribution in [3.63, 3.8) is 0 Å². The zero-order chi connectivity index (χ0) is 15.6. The maximum atomic E-state index is 13.2. The van der Waals surface area contributed by atoms with E-state index in [-0.39, 0.29) is 5.82 Å². The molecule has 5 nitrogen and oxygen atoms in total. The highest BCUT2D eigenvalue weighted by Gasteiger charge is 2.28. The maximum Gasteiger partial charge on any atom is 0.182 e. The molecule has 0 saturated heterocycles. The van der Waals surface area contributed by atoms with E-state index in [0.29, 0.717) is 12.6 Å². The van der Waals surface area contributed by atoms with Crippen molar-refractivity contribution in [2.75, 3.05) is 5.32 Å². The predicted octanol–water partition coefficient (Wildman–Crippen LogP) is 3.43. The van der Waals surface area contributed by atoms with Gasteiger partial charge in [0.2, 0.25) is 0 Å². The first-order valence-corrected chi connectivity index (χ1v) is 7.66. The van der Waals surface area contributed by atoms with Gasteiger partial charge in [0.25, 0.3) is 0 Å². The van der Waals surface area contributed by atoms with Gasteiger partial charge in [-0.1, -0.05) is 12.1 Å². The Balaban J connectivity index is 1.46. The summed E-state index contributed by atoms with van der Waals surface area (Å²) in [6, 6.07) is 15.0. The summed E-state index contributed by atoms with van der Waals surface area (Å²) in [4.78, 5) is 0. The Labute approximate surface area is 133 Å². The lowest BCUT2D eigenvalue weighted by molar-refractivity contribution is 0.615. The molecule has 3 aromatic rings. The molecular formula is C17H16FN5. The summed E-state index contributed by atoms with van der Waals surface area (Å²) in [6.07, 6.45) is 2.29.